The standard InChI is InChI=1S/C12H17ClN6/c1-6(2)10-17-9(13)7(3)11(18-10)16-8(4)12-14-5-15-19-12/h5-6,8H,1-4H3,(H,14,15,19)(H,16,17,18). The van der Waals surface area contributed by atoms with Crippen molar-refractivity contribution in [1.29, 1.82) is 0 Å². The van der Waals surface area contributed by atoms with Crippen LogP contribution in [0, 0.1) is 6.92 Å². The second-order valence-corrected chi connectivity index (χ2v) is 5.10. The molecule has 0 bridgehead atoms. The molecule has 1 unspecified atom stereocenters. The zero-order chi connectivity index (χ0) is 14.0. The summed E-state index contributed by atoms with van der Waals surface area (Å²) < 4.78 is 0. The molecule has 0 radical (unpaired) electrons. The molecule has 0 aliphatic carbocycles. The van der Waals surface area contributed by atoms with E-state index in [2.05, 4.69) is 30.5 Å². The number of nitrogens with zero attached hydrogens (tertiary/aromatic N) is 4. The van der Waals surface area contributed by atoms with Crippen LogP contribution in [0.4, 0.5) is 5.82 Å². The molecule has 0 aliphatic rings. The Kier molecular flexibility index (Phi) is 3.99. The topological polar surface area (TPSA) is 79.4 Å². The summed E-state index contributed by atoms with van der Waals surface area (Å²) in [6, 6.07) is -0.0350. The number of aromatic nitrogens is 5. The van der Waals surface area contributed by atoms with Gasteiger partial charge in [0.25, 0.3) is 0 Å². The Morgan fingerprint density at radius 3 is 2.58 bits per heavy atom. The van der Waals surface area contributed by atoms with Crippen molar-refractivity contribution in [3.05, 3.63) is 28.7 Å². The van der Waals surface area contributed by atoms with Gasteiger partial charge < -0.3 is 5.32 Å². The monoisotopic (exact) mass is 280 g/mol. The van der Waals surface area contributed by atoms with Gasteiger partial charge in [-0.05, 0) is 13.8 Å². The number of rotatable bonds is 4. The summed E-state index contributed by atoms with van der Waals surface area (Å²) in [6.07, 6.45) is 1.48. The number of anilines is 1. The second-order valence-electron chi connectivity index (χ2n) is 4.74. The predicted molar refractivity (Wildman–Crippen MR) is 74.3 cm³/mol. The van der Waals surface area contributed by atoms with Crippen LogP contribution in [-0.2, 0) is 0 Å². The third-order valence-corrected chi connectivity index (χ3v) is 3.19. The van der Waals surface area contributed by atoms with Gasteiger partial charge in [0.05, 0.1) is 6.04 Å². The van der Waals surface area contributed by atoms with Crippen LogP contribution in [0.2, 0.25) is 5.15 Å². The van der Waals surface area contributed by atoms with E-state index in [4.69, 9.17) is 11.6 Å². The smallest absolute Gasteiger partial charge is 0.146 e. The molecule has 2 aromatic rings. The van der Waals surface area contributed by atoms with Gasteiger partial charge in [0.1, 0.15) is 28.9 Å². The summed E-state index contributed by atoms with van der Waals surface area (Å²) in [5.41, 5.74) is 0.831. The molecular weight excluding hydrogens is 264 g/mol. The molecule has 102 valence electrons. The van der Waals surface area contributed by atoms with Crippen LogP contribution >= 0.6 is 11.6 Å². The minimum atomic E-state index is -0.0350. The summed E-state index contributed by atoms with van der Waals surface area (Å²) in [6.45, 7) is 7.93. The maximum atomic E-state index is 6.14. The molecule has 2 heterocycles. The third-order valence-electron chi connectivity index (χ3n) is 2.82. The van der Waals surface area contributed by atoms with Crippen LogP contribution in [0.1, 0.15) is 49.9 Å². The summed E-state index contributed by atoms with van der Waals surface area (Å²) in [4.78, 5) is 12.9. The molecule has 19 heavy (non-hydrogen) atoms. The average Bonchev–Trinajstić information content (AvgIpc) is 2.88. The van der Waals surface area contributed by atoms with Crippen molar-refractivity contribution in [2.45, 2.75) is 39.7 Å². The minimum Gasteiger partial charge on any atom is -0.360 e. The molecule has 0 spiro atoms. The number of H-pyrrole nitrogens is 1. The van der Waals surface area contributed by atoms with Gasteiger partial charge in [-0.2, -0.15) is 5.10 Å². The highest BCUT2D eigenvalue weighted by molar-refractivity contribution is 6.30. The SMILES string of the molecule is Cc1c(Cl)nc(C(C)C)nc1NC(C)c1ncn[nH]1. The predicted octanol–water partition coefficient (Wildman–Crippen LogP) is 2.85. The molecule has 7 heteroatoms. The largest absolute Gasteiger partial charge is 0.360 e. The Bertz CT molecular complexity index is 552. The zero-order valence-corrected chi connectivity index (χ0v) is 12.2. The fraction of sp³-hybridized carbons (Fsp3) is 0.500. The Labute approximate surface area is 117 Å². The van der Waals surface area contributed by atoms with E-state index >= 15 is 0 Å². The molecule has 2 aromatic heterocycles. The van der Waals surface area contributed by atoms with Crippen LogP contribution in [0.3, 0.4) is 0 Å². The first kappa shape index (κ1) is 13.7. The quantitative estimate of drug-likeness (QED) is 0.842. The Hall–Kier alpha value is -1.69. The van der Waals surface area contributed by atoms with E-state index in [1.807, 2.05) is 27.7 Å². The van der Waals surface area contributed by atoms with Crippen LogP contribution in [0.5, 0.6) is 0 Å². The Balaban J connectivity index is 2.29. The van der Waals surface area contributed by atoms with E-state index in [-0.39, 0.29) is 12.0 Å². The number of halogens is 1. The molecule has 6 nitrogen and oxygen atoms in total. The van der Waals surface area contributed by atoms with E-state index in [1.165, 1.54) is 6.33 Å². The van der Waals surface area contributed by atoms with Crippen molar-refractivity contribution in [2.75, 3.05) is 5.32 Å². The van der Waals surface area contributed by atoms with E-state index in [1.54, 1.807) is 0 Å². The zero-order valence-electron chi connectivity index (χ0n) is 11.4. The Morgan fingerprint density at radius 2 is 2.00 bits per heavy atom. The number of aromatic amines is 1. The molecule has 2 N–H and O–H groups in total. The first-order valence-corrected chi connectivity index (χ1v) is 6.52. The maximum absolute atomic E-state index is 6.14. The molecule has 0 saturated carbocycles. The van der Waals surface area contributed by atoms with E-state index in [0.717, 1.165) is 23.0 Å². The molecule has 1 atom stereocenters. The van der Waals surface area contributed by atoms with Crippen LogP contribution in [0.25, 0.3) is 0 Å². The van der Waals surface area contributed by atoms with Gasteiger partial charge in [-0.25, -0.2) is 15.0 Å². The van der Waals surface area contributed by atoms with Gasteiger partial charge in [-0.1, -0.05) is 25.4 Å². The summed E-state index contributed by atoms with van der Waals surface area (Å²) >= 11 is 6.14. The average molecular weight is 281 g/mol. The van der Waals surface area contributed by atoms with Crippen molar-refractivity contribution >= 4 is 17.4 Å². The normalized spacial score (nSPS) is 12.7. The lowest BCUT2D eigenvalue weighted by Gasteiger charge is -2.16. The van der Waals surface area contributed by atoms with E-state index in [0.29, 0.717) is 5.15 Å². The number of hydrogen-bond donors (Lipinski definition) is 2. The lowest BCUT2D eigenvalue weighted by atomic mass is 10.2. The van der Waals surface area contributed by atoms with Crippen molar-refractivity contribution in [3.8, 4) is 0 Å². The molecule has 0 aliphatic heterocycles. The highest BCUT2D eigenvalue weighted by atomic mass is 35.5. The van der Waals surface area contributed by atoms with Crippen molar-refractivity contribution in [3.63, 3.8) is 0 Å². The number of hydrogen-bond acceptors (Lipinski definition) is 5. The lowest BCUT2D eigenvalue weighted by molar-refractivity contribution is 0.753. The van der Waals surface area contributed by atoms with Crippen LogP contribution in [-0.4, -0.2) is 25.1 Å². The fourth-order valence-electron chi connectivity index (χ4n) is 1.60. The van der Waals surface area contributed by atoms with Crippen LogP contribution < -0.4 is 5.32 Å². The lowest BCUT2D eigenvalue weighted by Crippen LogP contribution is -2.13. The van der Waals surface area contributed by atoms with Gasteiger partial charge in [0.2, 0.25) is 0 Å². The van der Waals surface area contributed by atoms with E-state index in [9.17, 15) is 0 Å². The summed E-state index contributed by atoms with van der Waals surface area (Å²) in [5.74, 6) is 2.43. The fourth-order valence-corrected chi connectivity index (χ4v) is 1.78. The molecule has 0 aromatic carbocycles. The van der Waals surface area contributed by atoms with Gasteiger partial charge in [0.15, 0.2) is 0 Å². The van der Waals surface area contributed by atoms with Crippen molar-refractivity contribution in [1.82, 2.24) is 25.1 Å². The van der Waals surface area contributed by atoms with Gasteiger partial charge in [-0.3, -0.25) is 5.10 Å². The third kappa shape index (κ3) is 3.01. The molecular formula is C12H17ClN6. The Morgan fingerprint density at radius 1 is 1.26 bits per heavy atom. The summed E-state index contributed by atoms with van der Waals surface area (Å²) in [7, 11) is 0. The van der Waals surface area contributed by atoms with Gasteiger partial charge >= 0.3 is 0 Å². The van der Waals surface area contributed by atoms with Crippen molar-refractivity contribution in [2.24, 2.45) is 0 Å². The first-order valence-electron chi connectivity index (χ1n) is 6.15. The minimum absolute atomic E-state index is 0.0350. The van der Waals surface area contributed by atoms with Gasteiger partial charge in [-0.15, -0.1) is 0 Å². The highest BCUT2D eigenvalue weighted by Crippen LogP contribution is 2.25. The second kappa shape index (κ2) is 5.52. The first-order chi connectivity index (χ1) is 8.99. The highest BCUT2D eigenvalue weighted by Gasteiger charge is 2.15. The van der Waals surface area contributed by atoms with Crippen LogP contribution in [0.15, 0.2) is 6.33 Å². The molecule has 0 amide bonds. The summed E-state index contributed by atoms with van der Waals surface area (Å²) in [5, 5.41) is 10.4. The molecule has 0 fully saturated rings. The van der Waals surface area contributed by atoms with E-state index < -0.39 is 0 Å². The maximum Gasteiger partial charge on any atom is 0.146 e. The van der Waals surface area contributed by atoms with Gasteiger partial charge in [0, 0.05) is 11.5 Å². The molecule has 2 rings (SSSR count). The number of nitrogens with one attached hydrogen (secondary N) is 2. The molecule has 0 saturated heterocycles. The van der Waals surface area contributed by atoms with Crippen molar-refractivity contribution < 1.29 is 0 Å².